The Balaban J connectivity index is 2.34. The first-order valence-corrected chi connectivity index (χ1v) is 5.54. The Kier molecular flexibility index (Phi) is 5.69. The Morgan fingerprint density at radius 1 is 1.44 bits per heavy atom. The number of rotatable bonds is 5. The molecular weight excluding hydrogens is 230 g/mol. The van der Waals surface area contributed by atoms with Crippen LogP contribution in [0.15, 0.2) is 29.2 Å². The molecule has 5 nitrogen and oxygen atoms in total. The predicted octanol–water partition coefficient (Wildman–Crippen LogP) is 2.08. The van der Waals surface area contributed by atoms with Gasteiger partial charge in [0, 0.05) is 4.90 Å². The number of nitrogens with one attached hydrogen (secondary N) is 1. The van der Waals surface area contributed by atoms with E-state index in [1.165, 1.54) is 18.9 Å². The largest absolute Gasteiger partial charge is 0.453 e. The summed E-state index contributed by atoms with van der Waals surface area (Å²) < 4.78 is 4.43. The highest BCUT2D eigenvalue weighted by Gasteiger charge is 1.99. The first-order chi connectivity index (χ1) is 7.76. The van der Waals surface area contributed by atoms with Crippen molar-refractivity contribution in [1.29, 1.82) is 0 Å². The SMILES string of the molecule is COC(=O)NCSc1ccc(COO)cc1. The van der Waals surface area contributed by atoms with Gasteiger partial charge in [-0.05, 0) is 17.7 Å². The van der Waals surface area contributed by atoms with E-state index in [1.807, 2.05) is 24.3 Å². The predicted molar refractivity (Wildman–Crippen MR) is 60.1 cm³/mol. The van der Waals surface area contributed by atoms with Gasteiger partial charge < -0.3 is 10.1 Å². The molecule has 0 aliphatic carbocycles. The number of carbonyl (C=O) groups is 1. The summed E-state index contributed by atoms with van der Waals surface area (Å²) >= 11 is 1.48. The molecular formula is C10H13NO4S. The monoisotopic (exact) mass is 243 g/mol. The molecule has 0 radical (unpaired) electrons. The van der Waals surface area contributed by atoms with E-state index in [-0.39, 0.29) is 6.61 Å². The van der Waals surface area contributed by atoms with E-state index >= 15 is 0 Å². The number of hydrogen-bond acceptors (Lipinski definition) is 5. The molecule has 0 aromatic heterocycles. The Bertz CT molecular complexity index is 328. The van der Waals surface area contributed by atoms with Crippen LogP contribution in [0.5, 0.6) is 0 Å². The Morgan fingerprint density at radius 3 is 2.69 bits per heavy atom. The molecule has 1 aromatic rings. The molecule has 2 N–H and O–H groups in total. The van der Waals surface area contributed by atoms with Crippen LogP contribution in [-0.2, 0) is 16.2 Å². The maximum Gasteiger partial charge on any atom is 0.407 e. The minimum absolute atomic E-state index is 0.172. The fourth-order valence-electron chi connectivity index (χ4n) is 1.01. The molecule has 0 atom stereocenters. The van der Waals surface area contributed by atoms with Crippen molar-refractivity contribution < 1.29 is 19.7 Å². The van der Waals surface area contributed by atoms with Crippen molar-refractivity contribution in [3.8, 4) is 0 Å². The van der Waals surface area contributed by atoms with E-state index in [0.29, 0.717) is 5.88 Å². The average molecular weight is 243 g/mol. The lowest BCUT2D eigenvalue weighted by Gasteiger charge is -2.04. The van der Waals surface area contributed by atoms with Crippen LogP contribution in [-0.4, -0.2) is 24.3 Å². The Hall–Kier alpha value is -1.24. The fraction of sp³-hybridized carbons (Fsp3) is 0.300. The molecule has 0 bridgehead atoms. The van der Waals surface area contributed by atoms with Gasteiger partial charge in [-0.2, -0.15) is 0 Å². The molecule has 0 aliphatic rings. The average Bonchev–Trinajstić information content (AvgIpc) is 2.31. The highest BCUT2D eigenvalue weighted by molar-refractivity contribution is 7.99. The summed E-state index contributed by atoms with van der Waals surface area (Å²) in [5.41, 5.74) is 0.882. The smallest absolute Gasteiger partial charge is 0.407 e. The molecule has 88 valence electrons. The van der Waals surface area contributed by atoms with Crippen LogP contribution >= 0.6 is 11.8 Å². The number of hydrogen-bond donors (Lipinski definition) is 2. The summed E-state index contributed by atoms with van der Waals surface area (Å²) in [5.74, 6) is 0.447. The molecule has 0 spiro atoms. The number of methoxy groups -OCH3 is 1. The van der Waals surface area contributed by atoms with Crippen molar-refractivity contribution in [2.45, 2.75) is 11.5 Å². The summed E-state index contributed by atoms with van der Waals surface area (Å²) in [5, 5.41) is 10.8. The van der Waals surface area contributed by atoms with Gasteiger partial charge >= 0.3 is 6.09 Å². The van der Waals surface area contributed by atoms with Gasteiger partial charge in [-0.1, -0.05) is 12.1 Å². The number of amides is 1. The summed E-state index contributed by atoms with van der Waals surface area (Å²) in [7, 11) is 1.32. The normalized spacial score (nSPS) is 9.88. The van der Waals surface area contributed by atoms with Crippen LogP contribution in [0.4, 0.5) is 4.79 Å². The van der Waals surface area contributed by atoms with Crippen LogP contribution in [0.3, 0.4) is 0 Å². The van der Waals surface area contributed by atoms with Crippen LogP contribution in [0, 0.1) is 0 Å². The van der Waals surface area contributed by atoms with E-state index in [9.17, 15) is 4.79 Å². The lowest BCUT2D eigenvalue weighted by molar-refractivity contribution is -0.253. The van der Waals surface area contributed by atoms with E-state index in [0.717, 1.165) is 10.5 Å². The Morgan fingerprint density at radius 2 is 2.12 bits per heavy atom. The molecule has 16 heavy (non-hydrogen) atoms. The number of alkyl carbamates (subject to hydrolysis) is 1. The van der Waals surface area contributed by atoms with Crippen molar-refractivity contribution >= 4 is 17.9 Å². The lowest BCUT2D eigenvalue weighted by atomic mass is 10.2. The second-order valence-corrected chi connectivity index (χ2v) is 3.92. The van der Waals surface area contributed by atoms with Gasteiger partial charge in [-0.25, -0.2) is 9.68 Å². The van der Waals surface area contributed by atoms with Gasteiger partial charge in [0.05, 0.1) is 13.0 Å². The molecule has 1 aromatic carbocycles. The van der Waals surface area contributed by atoms with Crippen LogP contribution in [0.1, 0.15) is 5.56 Å². The number of benzene rings is 1. The van der Waals surface area contributed by atoms with Crippen molar-refractivity contribution in [1.82, 2.24) is 5.32 Å². The lowest BCUT2D eigenvalue weighted by Crippen LogP contribution is -2.22. The third-order valence-corrected chi connectivity index (χ3v) is 2.69. The molecule has 1 amide bonds. The zero-order chi connectivity index (χ0) is 11.8. The maximum absolute atomic E-state index is 10.8. The first-order valence-electron chi connectivity index (χ1n) is 4.56. The topological polar surface area (TPSA) is 67.8 Å². The third-order valence-electron chi connectivity index (χ3n) is 1.80. The zero-order valence-electron chi connectivity index (χ0n) is 8.80. The molecule has 1 rings (SSSR count). The quantitative estimate of drug-likeness (QED) is 0.359. The van der Waals surface area contributed by atoms with E-state index in [1.54, 1.807) is 0 Å². The summed E-state index contributed by atoms with van der Waals surface area (Å²) in [6.07, 6.45) is -0.446. The van der Waals surface area contributed by atoms with Crippen LogP contribution in [0.2, 0.25) is 0 Å². The van der Waals surface area contributed by atoms with Crippen molar-refractivity contribution in [3.63, 3.8) is 0 Å². The molecule has 0 heterocycles. The fourth-order valence-corrected chi connectivity index (χ4v) is 1.69. The number of ether oxygens (including phenoxy) is 1. The molecule has 0 saturated heterocycles. The van der Waals surface area contributed by atoms with Gasteiger partial charge in [-0.3, -0.25) is 5.26 Å². The maximum atomic E-state index is 10.8. The van der Waals surface area contributed by atoms with E-state index in [4.69, 9.17) is 5.26 Å². The van der Waals surface area contributed by atoms with Crippen LogP contribution in [0.25, 0.3) is 0 Å². The van der Waals surface area contributed by atoms with Crippen molar-refractivity contribution in [2.75, 3.05) is 13.0 Å². The standard InChI is InChI=1S/C10H13NO4S/c1-14-10(12)11-7-16-9-4-2-8(3-5-9)6-15-13/h2-5,13H,6-7H2,1H3,(H,11,12). The van der Waals surface area contributed by atoms with E-state index < -0.39 is 6.09 Å². The van der Waals surface area contributed by atoms with Gasteiger partial charge in [0.25, 0.3) is 0 Å². The van der Waals surface area contributed by atoms with Crippen molar-refractivity contribution in [3.05, 3.63) is 29.8 Å². The zero-order valence-corrected chi connectivity index (χ0v) is 9.62. The minimum Gasteiger partial charge on any atom is -0.453 e. The second-order valence-electron chi connectivity index (χ2n) is 2.87. The minimum atomic E-state index is -0.446. The summed E-state index contributed by atoms with van der Waals surface area (Å²) in [6, 6.07) is 7.46. The number of thioether (sulfide) groups is 1. The molecule has 0 aliphatic heterocycles. The van der Waals surface area contributed by atoms with Gasteiger partial charge in [0.1, 0.15) is 6.61 Å². The first kappa shape index (κ1) is 12.8. The van der Waals surface area contributed by atoms with Gasteiger partial charge in [0.15, 0.2) is 0 Å². The van der Waals surface area contributed by atoms with E-state index in [2.05, 4.69) is 14.9 Å². The summed E-state index contributed by atoms with van der Waals surface area (Å²) in [4.78, 5) is 15.8. The molecule has 0 saturated carbocycles. The molecule has 0 fully saturated rings. The summed E-state index contributed by atoms with van der Waals surface area (Å²) in [6.45, 7) is 0.172. The number of carbonyl (C=O) groups excluding carboxylic acids is 1. The van der Waals surface area contributed by atoms with Gasteiger partial charge in [0.2, 0.25) is 0 Å². The van der Waals surface area contributed by atoms with Crippen molar-refractivity contribution in [2.24, 2.45) is 0 Å². The van der Waals surface area contributed by atoms with Gasteiger partial charge in [-0.15, -0.1) is 11.8 Å². The second kappa shape index (κ2) is 7.10. The third kappa shape index (κ3) is 4.52. The highest BCUT2D eigenvalue weighted by atomic mass is 32.2. The molecule has 6 heteroatoms. The highest BCUT2D eigenvalue weighted by Crippen LogP contribution is 2.17. The Labute approximate surface area is 97.7 Å². The molecule has 0 unspecified atom stereocenters. The van der Waals surface area contributed by atoms with Crippen LogP contribution < -0.4 is 5.32 Å².